The zero-order valence-electron chi connectivity index (χ0n) is 11.9. The fraction of sp³-hybridized carbons (Fsp3) is 0.250. The van der Waals surface area contributed by atoms with Crippen molar-refractivity contribution in [2.24, 2.45) is 4.99 Å². The van der Waals surface area contributed by atoms with Gasteiger partial charge in [0.2, 0.25) is 0 Å². The maximum absolute atomic E-state index is 4.69. The van der Waals surface area contributed by atoms with Crippen LogP contribution in [0.2, 0.25) is 0 Å². The molecule has 1 aromatic carbocycles. The average molecular weight is 285 g/mol. The van der Waals surface area contributed by atoms with Gasteiger partial charge >= 0.3 is 0 Å². The second-order valence-electron chi connectivity index (χ2n) is 4.51. The van der Waals surface area contributed by atoms with Gasteiger partial charge in [-0.3, -0.25) is 9.98 Å². The van der Waals surface area contributed by atoms with Crippen LogP contribution in [0.25, 0.3) is 0 Å². The Kier molecular flexibility index (Phi) is 5.62. The molecule has 2 rings (SSSR count). The van der Waals surface area contributed by atoms with Gasteiger partial charge in [0.1, 0.15) is 0 Å². The Balaban J connectivity index is 2.00. The fourth-order valence-corrected chi connectivity index (χ4v) is 2.49. The summed E-state index contributed by atoms with van der Waals surface area (Å²) >= 11 is 1.67. The van der Waals surface area contributed by atoms with Crippen LogP contribution in [0.15, 0.2) is 59.9 Å². The molecule has 104 valence electrons. The first kappa shape index (κ1) is 14.6. The highest BCUT2D eigenvalue weighted by Crippen LogP contribution is 2.10. The lowest BCUT2D eigenvalue weighted by Crippen LogP contribution is -2.23. The highest BCUT2D eigenvalue weighted by atomic mass is 32.2. The normalized spacial score (nSPS) is 11.4. The van der Waals surface area contributed by atoms with Crippen molar-refractivity contribution in [3.8, 4) is 0 Å². The van der Waals surface area contributed by atoms with Gasteiger partial charge in [-0.15, -0.1) is 0 Å². The molecule has 1 heterocycles. The smallest absolute Gasteiger partial charge is 0.159 e. The Morgan fingerprint density at radius 1 is 1.15 bits per heavy atom. The minimum absolute atomic E-state index is 0.717. The summed E-state index contributed by atoms with van der Waals surface area (Å²) in [4.78, 5) is 11.0. The first-order valence-corrected chi connectivity index (χ1v) is 7.74. The van der Waals surface area contributed by atoms with Gasteiger partial charge in [-0.25, -0.2) is 0 Å². The van der Waals surface area contributed by atoms with E-state index in [2.05, 4.69) is 41.4 Å². The van der Waals surface area contributed by atoms with Crippen molar-refractivity contribution in [1.29, 1.82) is 0 Å². The third kappa shape index (κ3) is 4.38. The minimum Gasteiger partial charge on any atom is -0.350 e. The van der Waals surface area contributed by atoms with E-state index in [0.717, 1.165) is 11.7 Å². The van der Waals surface area contributed by atoms with E-state index < -0.39 is 0 Å². The molecule has 0 radical (unpaired) electrons. The Bertz CT molecular complexity index is 540. The van der Waals surface area contributed by atoms with E-state index in [1.54, 1.807) is 18.0 Å². The van der Waals surface area contributed by atoms with E-state index >= 15 is 0 Å². The van der Waals surface area contributed by atoms with E-state index in [9.17, 15) is 0 Å². The third-order valence-electron chi connectivity index (χ3n) is 2.89. The van der Waals surface area contributed by atoms with Crippen LogP contribution in [0.4, 0.5) is 0 Å². The number of nitrogens with zero attached hydrogens (tertiary/aromatic N) is 3. The maximum atomic E-state index is 4.69. The summed E-state index contributed by atoms with van der Waals surface area (Å²) in [6.45, 7) is 1.54. The Morgan fingerprint density at radius 3 is 2.55 bits per heavy atom. The predicted molar refractivity (Wildman–Crippen MR) is 86.8 cm³/mol. The molecule has 0 bridgehead atoms. The summed E-state index contributed by atoms with van der Waals surface area (Å²) in [5.41, 5.74) is 2.42. The molecule has 1 aromatic heterocycles. The number of amidine groups is 1. The van der Waals surface area contributed by atoms with Gasteiger partial charge < -0.3 is 4.90 Å². The highest BCUT2D eigenvalue weighted by Gasteiger charge is 2.06. The maximum Gasteiger partial charge on any atom is 0.159 e. The molecule has 0 fully saturated rings. The number of aliphatic imine (C=N–C) groups is 1. The second-order valence-corrected chi connectivity index (χ2v) is 5.28. The van der Waals surface area contributed by atoms with Crippen LogP contribution in [0, 0.1) is 0 Å². The van der Waals surface area contributed by atoms with Crippen molar-refractivity contribution >= 4 is 16.9 Å². The molecule has 0 spiro atoms. The van der Waals surface area contributed by atoms with Crippen LogP contribution in [-0.4, -0.2) is 28.4 Å². The van der Waals surface area contributed by atoms with E-state index in [-0.39, 0.29) is 0 Å². The van der Waals surface area contributed by atoms with Crippen LogP contribution >= 0.6 is 11.8 Å². The van der Waals surface area contributed by atoms with E-state index in [1.807, 2.05) is 30.5 Å². The van der Waals surface area contributed by atoms with E-state index in [1.165, 1.54) is 11.1 Å². The molecule has 2 aromatic rings. The van der Waals surface area contributed by atoms with Crippen LogP contribution in [-0.2, 0) is 13.1 Å². The van der Waals surface area contributed by atoms with Gasteiger partial charge in [-0.05, 0) is 23.4 Å². The number of hydrogen-bond donors (Lipinski definition) is 0. The number of thioether (sulfide) groups is 1. The summed E-state index contributed by atoms with van der Waals surface area (Å²) in [7, 11) is 2.06. The summed E-state index contributed by atoms with van der Waals surface area (Å²) < 4.78 is 0. The molecule has 3 nitrogen and oxygen atoms in total. The SMILES string of the molecule is CSC(=NCc1ccccc1)N(C)Cc1cccnc1. The fourth-order valence-electron chi connectivity index (χ4n) is 1.92. The predicted octanol–water partition coefficient (Wildman–Crippen LogP) is 3.43. The van der Waals surface area contributed by atoms with Crippen LogP contribution in [0.3, 0.4) is 0 Å². The first-order chi connectivity index (χ1) is 9.79. The van der Waals surface area contributed by atoms with Crippen molar-refractivity contribution < 1.29 is 0 Å². The summed E-state index contributed by atoms with van der Waals surface area (Å²) in [6, 6.07) is 14.4. The highest BCUT2D eigenvalue weighted by molar-refractivity contribution is 8.13. The van der Waals surface area contributed by atoms with Crippen LogP contribution < -0.4 is 0 Å². The lowest BCUT2D eigenvalue weighted by Gasteiger charge is -2.19. The zero-order valence-corrected chi connectivity index (χ0v) is 12.7. The van der Waals surface area contributed by atoms with Crippen LogP contribution in [0.5, 0.6) is 0 Å². The molecule has 0 aliphatic heterocycles. The molecule has 0 amide bonds. The van der Waals surface area contributed by atoms with Gasteiger partial charge in [-0.2, -0.15) is 0 Å². The minimum atomic E-state index is 0.717. The van der Waals surface area contributed by atoms with Gasteiger partial charge in [0.25, 0.3) is 0 Å². The van der Waals surface area contributed by atoms with Crippen molar-refractivity contribution in [3.63, 3.8) is 0 Å². The zero-order chi connectivity index (χ0) is 14.2. The Morgan fingerprint density at radius 2 is 1.90 bits per heavy atom. The topological polar surface area (TPSA) is 28.5 Å². The summed E-state index contributed by atoms with van der Waals surface area (Å²) in [5.74, 6) is 0. The van der Waals surface area contributed by atoms with E-state index in [4.69, 9.17) is 4.99 Å². The Hall–Kier alpha value is -1.81. The van der Waals surface area contributed by atoms with Gasteiger partial charge in [-0.1, -0.05) is 48.2 Å². The van der Waals surface area contributed by atoms with Gasteiger partial charge in [0, 0.05) is 26.0 Å². The monoisotopic (exact) mass is 285 g/mol. The number of pyridine rings is 1. The first-order valence-electron chi connectivity index (χ1n) is 6.52. The number of aromatic nitrogens is 1. The van der Waals surface area contributed by atoms with Gasteiger partial charge in [0.15, 0.2) is 5.17 Å². The van der Waals surface area contributed by atoms with Crippen molar-refractivity contribution in [2.75, 3.05) is 13.3 Å². The number of rotatable bonds is 4. The quantitative estimate of drug-likeness (QED) is 0.636. The Labute approximate surface area is 124 Å². The summed E-state index contributed by atoms with van der Waals surface area (Å²) in [5, 5.41) is 1.04. The van der Waals surface area contributed by atoms with Crippen LogP contribution in [0.1, 0.15) is 11.1 Å². The lowest BCUT2D eigenvalue weighted by molar-refractivity contribution is 0.507. The number of hydrogen-bond acceptors (Lipinski definition) is 3. The van der Waals surface area contributed by atoms with Crippen molar-refractivity contribution in [1.82, 2.24) is 9.88 Å². The third-order valence-corrected chi connectivity index (χ3v) is 3.70. The van der Waals surface area contributed by atoms with E-state index in [0.29, 0.717) is 6.54 Å². The molecular weight excluding hydrogens is 266 g/mol. The van der Waals surface area contributed by atoms with Crippen molar-refractivity contribution in [2.45, 2.75) is 13.1 Å². The molecule has 4 heteroatoms. The van der Waals surface area contributed by atoms with Crippen molar-refractivity contribution in [3.05, 3.63) is 66.0 Å². The standard InChI is InChI=1S/C16H19N3S/c1-19(13-15-9-6-10-17-11-15)16(20-2)18-12-14-7-4-3-5-8-14/h3-11H,12-13H2,1-2H3. The molecule has 0 saturated carbocycles. The lowest BCUT2D eigenvalue weighted by atomic mass is 10.2. The molecule has 20 heavy (non-hydrogen) atoms. The molecule has 0 N–H and O–H groups in total. The largest absolute Gasteiger partial charge is 0.350 e. The molecule has 0 aliphatic carbocycles. The number of benzene rings is 1. The van der Waals surface area contributed by atoms with Gasteiger partial charge in [0.05, 0.1) is 6.54 Å². The average Bonchev–Trinajstić information content (AvgIpc) is 2.50. The molecule has 0 unspecified atom stereocenters. The summed E-state index contributed by atoms with van der Waals surface area (Å²) in [6.07, 6.45) is 5.75. The second kappa shape index (κ2) is 7.70. The molecular formula is C16H19N3S. The molecule has 0 saturated heterocycles. The molecule has 0 atom stereocenters. The molecule has 0 aliphatic rings.